The summed E-state index contributed by atoms with van der Waals surface area (Å²) >= 11 is 5.15. The summed E-state index contributed by atoms with van der Waals surface area (Å²) in [5, 5.41) is -0.968. The molecule has 1 aliphatic rings. The van der Waals surface area contributed by atoms with Crippen molar-refractivity contribution in [3.63, 3.8) is 0 Å². The normalized spacial score (nSPS) is 15.8. The summed E-state index contributed by atoms with van der Waals surface area (Å²) in [7, 11) is 0. The molecule has 18 heavy (non-hydrogen) atoms. The molecule has 4 amide bonds. The Labute approximate surface area is 108 Å². The standard InChI is InChI=1S/C9H12ClN3O5/c10-8(16)13-4-3-12(6(14)7(13)15)2-1-5-18-9(11)17/h1-5H2,(H2,11,17). The third kappa shape index (κ3) is 3.59. The Bertz CT molecular complexity index is 386. The monoisotopic (exact) mass is 277 g/mol. The Kier molecular flexibility index (Phi) is 4.90. The van der Waals surface area contributed by atoms with E-state index in [1.165, 1.54) is 4.90 Å². The summed E-state index contributed by atoms with van der Waals surface area (Å²) in [6.07, 6.45) is -0.536. The predicted octanol–water partition coefficient (Wildman–Crippen LogP) is -0.499. The fraction of sp³-hybridized carbons (Fsp3) is 0.556. The van der Waals surface area contributed by atoms with Gasteiger partial charge in [-0.15, -0.1) is 0 Å². The van der Waals surface area contributed by atoms with E-state index in [2.05, 4.69) is 4.74 Å². The van der Waals surface area contributed by atoms with Gasteiger partial charge in [0.25, 0.3) is 0 Å². The predicted molar refractivity (Wildman–Crippen MR) is 59.7 cm³/mol. The minimum Gasteiger partial charge on any atom is -0.450 e. The SMILES string of the molecule is NC(=O)OCCCN1CCN(C(=O)Cl)C(=O)C1=O. The smallest absolute Gasteiger partial charge is 0.404 e. The number of primary amides is 1. The molecule has 1 fully saturated rings. The zero-order valence-corrected chi connectivity index (χ0v) is 10.2. The van der Waals surface area contributed by atoms with Crippen molar-refractivity contribution in [2.75, 3.05) is 26.2 Å². The lowest BCUT2D eigenvalue weighted by molar-refractivity contribution is -0.153. The third-order valence-electron chi connectivity index (χ3n) is 2.34. The lowest BCUT2D eigenvalue weighted by Gasteiger charge is -2.31. The summed E-state index contributed by atoms with van der Waals surface area (Å²) in [4.78, 5) is 46.1. The number of rotatable bonds is 4. The summed E-state index contributed by atoms with van der Waals surface area (Å²) in [6, 6.07) is 0. The summed E-state index contributed by atoms with van der Waals surface area (Å²) in [5.74, 6) is -1.74. The van der Waals surface area contributed by atoms with E-state index in [1.807, 2.05) is 0 Å². The van der Waals surface area contributed by atoms with Crippen LogP contribution in [0.2, 0.25) is 0 Å². The van der Waals surface area contributed by atoms with Gasteiger partial charge < -0.3 is 15.4 Å². The molecule has 1 heterocycles. The highest BCUT2D eigenvalue weighted by Crippen LogP contribution is 2.08. The largest absolute Gasteiger partial charge is 0.450 e. The fourth-order valence-electron chi connectivity index (χ4n) is 1.48. The Balaban J connectivity index is 2.41. The molecule has 0 atom stereocenters. The van der Waals surface area contributed by atoms with Crippen molar-refractivity contribution in [1.29, 1.82) is 0 Å². The molecule has 0 aromatic rings. The number of nitrogens with zero attached hydrogens (tertiary/aromatic N) is 2. The van der Waals surface area contributed by atoms with E-state index in [4.69, 9.17) is 17.3 Å². The topological polar surface area (TPSA) is 110 Å². The molecule has 0 aromatic heterocycles. The van der Waals surface area contributed by atoms with E-state index in [0.717, 1.165) is 0 Å². The van der Waals surface area contributed by atoms with Gasteiger partial charge in [0.05, 0.1) is 6.61 Å². The number of hydrogen-bond acceptors (Lipinski definition) is 5. The first kappa shape index (κ1) is 14.2. The van der Waals surface area contributed by atoms with Crippen LogP contribution in [-0.4, -0.2) is 59.3 Å². The zero-order chi connectivity index (χ0) is 13.7. The van der Waals surface area contributed by atoms with Crippen molar-refractivity contribution in [2.24, 2.45) is 5.73 Å². The van der Waals surface area contributed by atoms with Gasteiger partial charge in [0.1, 0.15) is 0 Å². The number of halogens is 1. The van der Waals surface area contributed by atoms with Crippen LogP contribution in [0, 0.1) is 0 Å². The molecule has 100 valence electrons. The molecule has 0 aliphatic carbocycles. The molecule has 8 nitrogen and oxygen atoms in total. The van der Waals surface area contributed by atoms with Crippen LogP contribution < -0.4 is 5.73 Å². The van der Waals surface area contributed by atoms with Gasteiger partial charge in [-0.25, -0.2) is 4.79 Å². The van der Waals surface area contributed by atoms with Crippen LogP contribution in [0.1, 0.15) is 6.42 Å². The number of carbonyl (C=O) groups excluding carboxylic acids is 4. The Morgan fingerprint density at radius 3 is 2.50 bits per heavy atom. The zero-order valence-electron chi connectivity index (χ0n) is 9.43. The molecule has 1 rings (SSSR count). The molecule has 0 unspecified atom stereocenters. The highest BCUT2D eigenvalue weighted by molar-refractivity contribution is 6.65. The number of ether oxygens (including phenoxy) is 1. The van der Waals surface area contributed by atoms with Crippen LogP contribution in [0.15, 0.2) is 0 Å². The summed E-state index contributed by atoms with van der Waals surface area (Å²) < 4.78 is 4.48. The van der Waals surface area contributed by atoms with Crippen LogP contribution in [-0.2, 0) is 14.3 Å². The Hall–Kier alpha value is -1.83. The number of hydrogen-bond donors (Lipinski definition) is 1. The van der Waals surface area contributed by atoms with Crippen molar-refractivity contribution in [1.82, 2.24) is 9.80 Å². The van der Waals surface area contributed by atoms with E-state index in [9.17, 15) is 19.2 Å². The minimum absolute atomic E-state index is 0.0591. The quantitative estimate of drug-likeness (QED) is 0.322. The van der Waals surface area contributed by atoms with Crippen molar-refractivity contribution < 1.29 is 23.9 Å². The van der Waals surface area contributed by atoms with E-state index in [-0.39, 0.29) is 26.2 Å². The Morgan fingerprint density at radius 2 is 1.94 bits per heavy atom. The second-order valence-electron chi connectivity index (χ2n) is 3.52. The number of piperazine rings is 1. The molecule has 0 radical (unpaired) electrons. The maximum Gasteiger partial charge on any atom is 0.404 e. The van der Waals surface area contributed by atoms with Crippen molar-refractivity contribution in [3.8, 4) is 0 Å². The van der Waals surface area contributed by atoms with Gasteiger partial charge in [-0.1, -0.05) is 0 Å². The van der Waals surface area contributed by atoms with Gasteiger partial charge >= 0.3 is 23.3 Å². The van der Waals surface area contributed by atoms with Crippen LogP contribution >= 0.6 is 11.6 Å². The maximum atomic E-state index is 11.6. The van der Waals surface area contributed by atoms with Crippen LogP contribution in [0.25, 0.3) is 0 Å². The number of imide groups is 1. The van der Waals surface area contributed by atoms with E-state index in [1.54, 1.807) is 0 Å². The lowest BCUT2D eigenvalue weighted by atomic mass is 10.3. The fourth-order valence-corrected chi connectivity index (χ4v) is 1.65. The van der Waals surface area contributed by atoms with E-state index in [0.29, 0.717) is 11.3 Å². The van der Waals surface area contributed by atoms with Crippen LogP contribution in [0.3, 0.4) is 0 Å². The first-order chi connectivity index (χ1) is 8.43. The van der Waals surface area contributed by atoms with Gasteiger partial charge in [0.15, 0.2) is 0 Å². The van der Waals surface area contributed by atoms with Gasteiger partial charge in [0, 0.05) is 19.6 Å². The molecule has 0 spiro atoms. The van der Waals surface area contributed by atoms with Crippen molar-refractivity contribution in [2.45, 2.75) is 6.42 Å². The van der Waals surface area contributed by atoms with Gasteiger partial charge in [0.2, 0.25) is 0 Å². The Morgan fingerprint density at radius 1 is 1.28 bits per heavy atom. The summed E-state index contributed by atoms with van der Waals surface area (Å²) in [6.45, 7) is 0.566. The molecule has 0 bridgehead atoms. The van der Waals surface area contributed by atoms with Crippen LogP contribution in [0.5, 0.6) is 0 Å². The third-order valence-corrected chi connectivity index (χ3v) is 2.54. The lowest BCUT2D eigenvalue weighted by Crippen LogP contribution is -2.55. The highest BCUT2D eigenvalue weighted by atomic mass is 35.5. The molecule has 1 saturated heterocycles. The van der Waals surface area contributed by atoms with Crippen molar-refractivity contribution in [3.05, 3.63) is 0 Å². The molecule has 9 heteroatoms. The van der Waals surface area contributed by atoms with E-state index >= 15 is 0 Å². The second kappa shape index (κ2) is 6.20. The highest BCUT2D eigenvalue weighted by Gasteiger charge is 2.34. The maximum absolute atomic E-state index is 11.6. The summed E-state index contributed by atoms with van der Waals surface area (Å²) in [5.41, 5.74) is 4.76. The van der Waals surface area contributed by atoms with Gasteiger partial charge in [-0.3, -0.25) is 19.3 Å². The van der Waals surface area contributed by atoms with Gasteiger partial charge in [-0.05, 0) is 18.0 Å². The van der Waals surface area contributed by atoms with Crippen molar-refractivity contribution >= 4 is 34.9 Å². The molecule has 0 aromatic carbocycles. The second-order valence-corrected chi connectivity index (χ2v) is 3.85. The molecular weight excluding hydrogens is 266 g/mol. The average Bonchev–Trinajstić information content (AvgIpc) is 2.29. The minimum atomic E-state index is -0.968. The average molecular weight is 278 g/mol. The van der Waals surface area contributed by atoms with Gasteiger partial charge in [-0.2, -0.15) is 0 Å². The molecule has 2 N–H and O–H groups in total. The molecule has 0 saturated carbocycles. The number of nitrogens with two attached hydrogens (primary N) is 1. The van der Waals surface area contributed by atoms with Crippen LogP contribution in [0.4, 0.5) is 9.59 Å². The molecule has 1 aliphatic heterocycles. The van der Waals surface area contributed by atoms with E-state index < -0.39 is 23.3 Å². The number of carbonyl (C=O) groups is 4. The first-order valence-corrected chi connectivity index (χ1v) is 5.53. The first-order valence-electron chi connectivity index (χ1n) is 5.16. The molecular formula is C9H12ClN3O5. The number of amides is 4.